The number of carbonyl (C=O) groups is 1. The van der Waals surface area contributed by atoms with Crippen LogP contribution in [0.5, 0.6) is 0 Å². The molecule has 0 saturated carbocycles. The monoisotopic (exact) mass is 308 g/mol. The molecule has 2 aliphatic rings. The quantitative estimate of drug-likeness (QED) is 0.886. The molecule has 1 aliphatic heterocycles. The molecule has 5 nitrogen and oxygen atoms in total. The smallest absolute Gasteiger partial charge is 0.315 e. The van der Waals surface area contributed by atoms with E-state index in [1.807, 2.05) is 12.1 Å². The van der Waals surface area contributed by atoms with Gasteiger partial charge in [0.2, 0.25) is 0 Å². The summed E-state index contributed by atoms with van der Waals surface area (Å²) in [5.41, 5.74) is 2.49. The van der Waals surface area contributed by atoms with Crippen LogP contribution < -0.4 is 10.6 Å². The Morgan fingerprint density at radius 1 is 1.24 bits per heavy atom. The van der Waals surface area contributed by atoms with Crippen molar-refractivity contribution in [1.29, 1.82) is 0 Å². The number of urea groups is 1. The van der Waals surface area contributed by atoms with Crippen molar-refractivity contribution >= 4 is 15.9 Å². The Balaban J connectivity index is 1.50. The number of carbonyl (C=O) groups excluding carboxylic acids is 1. The van der Waals surface area contributed by atoms with Crippen molar-refractivity contribution in [2.24, 2.45) is 5.92 Å². The van der Waals surface area contributed by atoms with E-state index in [2.05, 4.69) is 22.8 Å². The Bertz CT molecular complexity index is 642. The second-order valence-electron chi connectivity index (χ2n) is 5.91. The number of fused-ring (bicyclic) bond motifs is 1. The molecular weight excluding hydrogens is 288 g/mol. The van der Waals surface area contributed by atoms with E-state index in [4.69, 9.17) is 0 Å². The van der Waals surface area contributed by atoms with Gasteiger partial charge in [0.15, 0.2) is 9.84 Å². The molecule has 114 valence electrons. The van der Waals surface area contributed by atoms with Gasteiger partial charge < -0.3 is 10.6 Å². The van der Waals surface area contributed by atoms with Gasteiger partial charge in [-0.1, -0.05) is 24.3 Å². The van der Waals surface area contributed by atoms with Gasteiger partial charge in [-0.15, -0.1) is 0 Å². The largest absolute Gasteiger partial charge is 0.338 e. The van der Waals surface area contributed by atoms with Crippen LogP contribution in [0.2, 0.25) is 0 Å². The van der Waals surface area contributed by atoms with Crippen molar-refractivity contribution in [2.75, 3.05) is 18.1 Å². The fourth-order valence-electron chi connectivity index (χ4n) is 3.19. The van der Waals surface area contributed by atoms with Crippen LogP contribution in [-0.2, 0) is 16.3 Å². The highest BCUT2D eigenvalue weighted by molar-refractivity contribution is 7.91. The molecule has 1 aliphatic carbocycles. The van der Waals surface area contributed by atoms with Crippen molar-refractivity contribution in [3.05, 3.63) is 35.4 Å². The summed E-state index contributed by atoms with van der Waals surface area (Å²) in [6, 6.07) is 8.01. The summed E-state index contributed by atoms with van der Waals surface area (Å²) in [6.45, 7) is 0.430. The second-order valence-corrected chi connectivity index (χ2v) is 8.14. The molecule has 1 heterocycles. The molecule has 21 heavy (non-hydrogen) atoms. The van der Waals surface area contributed by atoms with E-state index < -0.39 is 9.84 Å². The first-order valence-corrected chi connectivity index (χ1v) is 9.18. The number of hydrogen-bond acceptors (Lipinski definition) is 3. The van der Waals surface area contributed by atoms with Crippen LogP contribution >= 0.6 is 0 Å². The maximum absolute atomic E-state index is 12.0. The van der Waals surface area contributed by atoms with Gasteiger partial charge in [0.25, 0.3) is 0 Å². The lowest BCUT2D eigenvalue weighted by atomic mass is 10.1. The summed E-state index contributed by atoms with van der Waals surface area (Å²) in [5.74, 6) is 0.493. The Kier molecular flexibility index (Phi) is 3.89. The van der Waals surface area contributed by atoms with Crippen LogP contribution in [0.3, 0.4) is 0 Å². The van der Waals surface area contributed by atoms with E-state index in [1.165, 1.54) is 11.1 Å². The van der Waals surface area contributed by atoms with Gasteiger partial charge in [-0.3, -0.25) is 0 Å². The van der Waals surface area contributed by atoms with Gasteiger partial charge >= 0.3 is 6.03 Å². The molecule has 0 spiro atoms. The number of benzene rings is 1. The van der Waals surface area contributed by atoms with Crippen molar-refractivity contribution in [3.63, 3.8) is 0 Å². The standard InChI is InChI=1S/C15H20N2O3S/c18-15(16-9-11-7-8-21(19,20)10-11)17-14-6-5-12-3-1-2-4-13(12)14/h1-4,11,14H,5-10H2,(H2,16,17,18)/t11-,14-/m1/s1. The lowest BCUT2D eigenvalue weighted by Crippen LogP contribution is -2.39. The summed E-state index contributed by atoms with van der Waals surface area (Å²) in [7, 11) is -2.88. The molecule has 0 bridgehead atoms. The first kappa shape index (κ1) is 14.4. The Morgan fingerprint density at radius 2 is 2.05 bits per heavy atom. The fraction of sp³-hybridized carbons (Fsp3) is 0.533. The number of nitrogens with one attached hydrogen (secondary N) is 2. The molecule has 1 fully saturated rings. The molecular formula is C15H20N2O3S. The van der Waals surface area contributed by atoms with Crippen molar-refractivity contribution in [1.82, 2.24) is 10.6 Å². The van der Waals surface area contributed by atoms with Crippen LogP contribution in [0, 0.1) is 5.92 Å². The third kappa shape index (κ3) is 3.37. The third-order valence-electron chi connectivity index (χ3n) is 4.32. The lowest BCUT2D eigenvalue weighted by Gasteiger charge is -2.16. The van der Waals surface area contributed by atoms with Crippen LogP contribution in [0.25, 0.3) is 0 Å². The molecule has 2 N–H and O–H groups in total. The highest BCUT2D eigenvalue weighted by atomic mass is 32.2. The molecule has 0 aromatic heterocycles. The summed E-state index contributed by atoms with van der Waals surface area (Å²) in [6.07, 6.45) is 2.56. The van der Waals surface area contributed by atoms with Crippen molar-refractivity contribution < 1.29 is 13.2 Å². The predicted molar refractivity (Wildman–Crippen MR) is 80.8 cm³/mol. The van der Waals surface area contributed by atoms with E-state index in [0.717, 1.165) is 12.8 Å². The highest BCUT2D eigenvalue weighted by Gasteiger charge is 2.28. The Morgan fingerprint density at radius 3 is 2.81 bits per heavy atom. The zero-order chi connectivity index (χ0) is 14.9. The van der Waals surface area contributed by atoms with E-state index in [1.54, 1.807) is 0 Å². The van der Waals surface area contributed by atoms with E-state index in [0.29, 0.717) is 13.0 Å². The molecule has 0 radical (unpaired) electrons. The highest BCUT2D eigenvalue weighted by Crippen LogP contribution is 2.30. The minimum atomic E-state index is -2.88. The third-order valence-corrected chi connectivity index (χ3v) is 6.15. The topological polar surface area (TPSA) is 75.3 Å². The molecule has 2 atom stereocenters. The number of amides is 2. The van der Waals surface area contributed by atoms with Gasteiger partial charge in [0.05, 0.1) is 17.5 Å². The van der Waals surface area contributed by atoms with Gasteiger partial charge in [0.1, 0.15) is 0 Å². The van der Waals surface area contributed by atoms with Crippen molar-refractivity contribution in [3.8, 4) is 0 Å². The fourth-order valence-corrected chi connectivity index (χ4v) is 5.05. The lowest BCUT2D eigenvalue weighted by molar-refractivity contribution is 0.235. The van der Waals surface area contributed by atoms with Gasteiger partial charge in [-0.25, -0.2) is 13.2 Å². The minimum Gasteiger partial charge on any atom is -0.338 e. The van der Waals surface area contributed by atoms with Gasteiger partial charge in [-0.2, -0.15) is 0 Å². The second kappa shape index (κ2) is 5.67. The minimum absolute atomic E-state index is 0.0524. The molecule has 0 unspecified atom stereocenters. The summed E-state index contributed by atoms with van der Waals surface area (Å²) in [5, 5.41) is 5.79. The summed E-state index contributed by atoms with van der Waals surface area (Å²) in [4.78, 5) is 12.0. The van der Waals surface area contributed by atoms with E-state index in [9.17, 15) is 13.2 Å². The number of rotatable bonds is 3. The molecule has 1 aromatic rings. The summed E-state index contributed by atoms with van der Waals surface area (Å²) < 4.78 is 22.7. The van der Waals surface area contributed by atoms with Crippen LogP contribution in [0.4, 0.5) is 4.79 Å². The average Bonchev–Trinajstić information content (AvgIpc) is 3.01. The molecule has 1 saturated heterocycles. The van der Waals surface area contributed by atoms with Crippen LogP contribution in [0.1, 0.15) is 30.0 Å². The number of aryl methyl sites for hydroxylation is 1. The van der Waals surface area contributed by atoms with Crippen LogP contribution in [-0.4, -0.2) is 32.5 Å². The predicted octanol–water partition coefficient (Wildman–Crippen LogP) is 1.41. The maximum atomic E-state index is 12.0. The molecule has 2 amide bonds. The average molecular weight is 308 g/mol. The first-order chi connectivity index (χ1) is 10.0. The number of sulfone groups is 1. The molecule has 6 heteroatoms. The maximum Gasteiger partial charge on any atom is 0.315 e. The van der Waals surface area contributed by atoms with Gasteiger partial charge in [-0.05, 0) is 36.3 Å². The van der Waals surface area contributed by atoms with Gasteiger partial charge in [0, 0.05) is 6.54 Å². The van der Waals surface area contributed by atoms with Crippen LogP contribution in [0.15, 0.2) is 24.3 Å². The normalized spacial score (nSPS) is 26.3. The first-order valence-electron chi connectivity index (χ1n) is 7.36. The Hall–Kier alpha value is -1.56. The zero-order valence-corrected chi connectivity index (χ0v) is 12.7. The van der Waals surface area contributed by atoms with Crippen molar-refractivity contribution in [2.45, 2.75) is 25.3 Å². The SMILES string of the molecule is O=C(NC[C@H]1CCS(=O)(=O)C1)N[C@@H]1CCc2ccccc21. The van der Waals surface area contributed by atoms with E-state index in [-0.39, 0.29) is 29.5 Å². The summed E-state index contributed by atoms with van der Waals surface area (Å²) >= 11 is 0. The molecule has 3 rings (SSSR count). The van der Waals surface area contributed by atoms with E-state index >= 15 is 0 Å². The Labute approximate surface area is 125 Å². The number of hydrogen-bond donors (Lipinski definition) is 2. The zero-order valence-electron chi connectivity index (χ0n) is 11.8. The molecule has 1 aromatic carbocycles.